The van der Waals surface area contributed by atoms with Crippen molar-refractivity contribution in [3.63, 3.8) is 0 Å². The van der Waals surface area contributed by atoms with Gasteiger partial charge in [0.15, 0.2) is 11.5 Å². The molecule has 32 heavy (non-hydrogen) atoms. The van der Waals surface area contributed by atoms with Crippen LogP contribution in [0.5, 0.6) is 11.5 Å². The summed E-state index contributed by atoms with van der Waals surface area (Å²) in [7, 11) is 3.86. The number of hydrogen-bond donors (Lipinski definition) is 0. The number of nitrogens with zero attached hydrogens (tertiary/aromatic N) is 2. The summed E-state index contributed by atoms with van der Waals surface area (Å²) in [6, 6.07) is 12.4. The third-order valence-electron chi connectivity index (χ3n) is 5.91. The van der Waals surface area contributed by atoms with E-state index in [4.69, 9.17) is 9.47 Å². The van der Waals surface area contributed by atoms with E-state index in [1.54, 1.807) is 7.11 Å². The van der Waals surface area contributed by atoms with Crippen molar-refractivity contribution in [1.82, 2.24) is 9.88 Å². The van der Waals surface area contributed by atoms with E-state index in [0.29, 0.717) is 0 Å². The van der Waals surface area contributed by atoms with Gasteiger partial charge in [0.05, 0.1) is 13.7 Å². The maximum atomic E-state index is 6.02. The van der Waals surface area contributed by atoms with Crippen LogP contribution in [0, 0.1) is 0 Å². The van der Waals surface area contributed by atoms with Gasteiger partial charge in [-0.3, -0.25) is 4.98 Å². The Hall–Kier alpha value is -2.07. The fourth-order valence-corrected chi connectivity index (χ4v) is 3.94. The highest BCUT2D eigenvalue weighted by Gasteiger charge is 2.08. The van der Waals surface area contributed by atoms with Crippen LogP contribution in [0.1, 0.15) is 82.4 Å². The van der Waals surface area contributed by atoms with Gasteiger partial charge in [-0.25, -0.2) is 0 Å². The van der Waals surface area contributed by atoms with Crippen LogP contribution in [0.3, 0.4) is 0 Å². The zero-order chi connectivity index (χ0) is 22.9. The fraction of sp³-hybridized carbons (Fsp3) is 0.607. The Labute approximate surface area is 196 Å². The Morgan fingerprint density at radius 3 is 2.22 bits per heavy atom. The first-order valence-corrected chi connectivity index (χ1v) is 12.6. The standard InChI is InChI=1S/C28H44N2O2/c1-4-5-6-7-8-9-10-11-12-15-22-32-27-18-17-25(23-28(27)31-3)24-30(2)21-19-26-16-13-14-20-29-26/h13-14,16-18,20,23H,4-12,15,19,21-22,24H2,1-3H3. The fourth-order valence-electron chi connectivity index (χ4n) is 3.94. The molecule has 178 valence electrons. The second-order valence-corrected chi connectivity index (χ2v) is 8.82. The van der Waals surface area contributed by atoms with Gasteiger partial charge in [-0.2, -0.15) is 0 Å². The van der Waals surface area contributed by atoms with Gasteiger partial charge in [0.1, 0.15) is 0 Å². The summed E-state index contributed by atoms with van der Waals surface area (Å²) in [5, 5.41) is 0. The van der Waals surface area contributed by atoms with Crippen LogP contribution in [0.15, 0.2) is 42.6 Å². The molecule has 0 saturated carbocycles. The molecule has 0 radical (unpaired) electrons. The van der Waals surface area contributed by atoms with Gasteiger partial charge in [-0.1, -0.05) is 76.8 Å². The lowest BCUT2D eigenvalue weighted by Gasteiger charge is -2.18. The Morgan fingerprint density at radius 1 is 0.844 bits per heavy atom. The van der Waals surface area contributed by atoms with E-state index in [1.807, 2.05) is 18.3 Å². The Balaban J connectivity index is 1.62. The predicted octanol–water partition coefficient (Wildman–Crippen LogP) is 7.06. The first-order chi connectivity index (χ1) is 15.7. The Bertz CT molecular complexity index is 721. The minimum Gasteiger partial charge on any atom is -0.493 e. The van der Waals surface area contributed by atoms with Crippen LogP contribution in [0.25, 0.3) is 0 Å². The van der Waals surface area contributed by atoms with Crippen LogP contribution in [-0.4, -0.2) is 37.2 Å². The first-order valence-electron chi connectivity index (χ1n) is 12.6. The van der Waals surface area contributed by atoms with E-state index in [9.17, 15) is 0 Å². The van der Waals surface area contributed by atoms with Gasteiger partial charge in [0.2, 0.25) is 0 Å². The van der Waals surface area contributed by atoms with Crippen molar-refractivity contribution in [1.29, 1.82) is 0 Å². The third-order valence-corrected chi connectivity index (χ3v) is 5.91. The zero-order valence-corrected chi connectivity index (χ0v) is 20.7. The topological polar surface area (TPSA) is 34.6 Å². The van der Waals surface area contributed by atoms with Gasteiger partial charge in [0.25, 0.3) is 0 Å². The van der Waals surface area contributed by atoms with E-state index < -0.39 is 0 Å². The molecule has 0 N–H and O–H groups in total. The van der Waals surface area contributed by atoms with Gasteiger partial charge >= 0.3 is 0 Å². The van der Waals surface area contributed by atoms with Crippen molar-refractivity contribution in [3.05, 3.63) is 53.9 Å². The number of unbranched alkanes of at least 4 members (excludes halogenated alkanes) is 9. The lowest BCUT2D eigenvalue weighted by atomic mass is 10.1. The third kappa shape index (κ3) is 11.0. The summed E-state index contributed by atoms with van der Waals surface area (Å²) in [6.07, 6.45) is 16.2. The van der Waals surface area contributed by atoms with E-state index >= 15 is 0 Å². The highest BCUT2D eigenvalue weighted by molar-refractivity contribution is 5.43. The van der Waals surface area contributed by atoms with Crippen LogP contribution < -0.4 is 9.47 Å². The molecule has 1 aromatic heterocycles. The number of hydrogen-bond acceptors (Lipinski definition) is 4. The number of benzene rings is 1. The number of ether oxygens (including phenoxy) is 2. The van der Waals surface area contributed by atoms with Crippen molar-refractivity contribution >= 4 is 0 Å². The number of aromatic nitrogens is 1. The summed E-state index contributed by atoms with van der Waals surface area (Å²) in [4.78, 5) is 6.72. The molecule has 0 aliphatic carbocycles. The lowest BCUT2D eigenvalue weighted by Crippen LogP contribution is -2.21. The molecular formula is C28H44N2O2. The molecule has 2 aromatic rings. The van der Waals surface area contributed by atoms with Crippen molar-refractivity contribution < 1.29 is 9.47 Å². The number of likely N-dealkylation sites (N-methyl/N-ethyl adjacent to an activating group) is 1. The number of methoxy groups -OCH3 is 1. The van der Waals surface area contributed by atoms with Gasteiger partial charge in [0, 0.05) is 31.4 Å². The van der Waals surface area contributed by atoms with E-state index in [-0.39, 0.29) is 0 Å². The normalized spacial score (nSPS) is 11.1. The molecule has 0 bridgehead atoms. The van der Waals surface area contributed by atoms with Crippen LogP contribution >= 0.6 is 0 Å². The zero-order valence-electron chi connectivity index (χ0n) is 20.7. The second-order valence-electron chi connectivity index (χ2n) is 8.82. The quantitative estimate of drug-likeness (QED) is 0.232. The smallest absolute Gasteiger partial charge is 0.161 e. The van der Waals surface area contributed by atoms with E-state index in [2.05, 4.69) is 48.1 Å². The lowest BCUT2D eigenvalue weighted by molar-refractivity contribution is 0.283. The summed E-state index contributed by atoms with van der Waals surface area (Å²) in [6.45, 7) is 4.88. The van der Waals surface area contributed by atoms with Crippen LogP contribution in [0.4, 0.5) is 0 Å². The highest BCUT2D eigenvalue weighted by atomic mass is 16.5. The van der Waals surface area contributed by atoms with Gasteiger partial charge < -0.3 is 14.4 Å². The molecule has 1 heterocycles. The molecule has 2 rings (SSSR count). The SMILES string of the molecule is CCCCCCCCCCCCOc1ccc(CN(C)CCc2ccccn2)cc1OC. The second kappa shape index (κ2) is 16.5. The van der Waals surface area contributed by atoms with Crippen LogP contribution in [0.2, 0.25) is 0 Å². The molecule has 0 saturated heterocycles. The minimum absolute atomic E-state index is 0.760. The maximum absolute atomic E-state index is 6.02. The average molecular weight is 441 g/mol. The molecule has 0 fully saturated rings. The number of pyridine rings is 1. The highest BCUT2D eigenvalue weighted by Crippen LogP contribution is 2.28. The summed E-state index contributed by atoms with van der Waals surface area (Å²) in [5.74, 6) is 1.68. The molecular weight excluding hydrogens is 396 g/mol. The molecule has 0 aliphatic rings. The Morgan fingerprint density at radius 2 is 1.56 bits per heavy atom. The van der Waals surface area contributed by atoms with Crippen molar-refractivity contribution in [2.24, 2.45) is 0 Å². The van der Waals surface area contributed by atoms with E-state index in [1.165, 1.54) is 63.4 Å². The van der Waals surface area contributed by atoms with Crippen molar-refractivity contribution in [3.8, 4) is 11.5 Å². The molecule has 0 atom stereocenters. The van der Waals surface area contributed by atoms with Crippen molar-refractivity contribution in [2.45, 2.75) is 84.1 Å². The summed E-state index contributed by atoms with van der Waals surface area (Å²) >= 11 is 0. The average Bonchev–Trinajstić information content (AvgIpc) is 2.82. The summed E-state index contributed by atoms with van der Waals surface area (Å²) in [5.41, 5.74) is 2.37. The van der Waals surface area contributed by atoms with Crippen LogP contribution in [-0.2, 0) is 13.0 Å². The largest absolute Gasteiger partial charge is 0.493 e. The summed E-state index contributed by atoms with van der Waals surface area (Å²) < 4.78 is 11.6. The van der Waals surface area contributed by atoms with E-state index in [0.717, 1.165) is 49.7 Å². The Kier molecular flexibility index (Phi) is 13.5. The molecule has 0 unspecified atom stereocenters. The molecule has 4 heteroatoms. The monoisotopic (exact) mass is 440 g/mol. The molecule has 0 spiro atoms. The minimum atomic E-state index is 0.760. The predicted molar refractivity (Wildman–Crippen MR) is 135 cm³/mol. The molecule has 1 aromatic carbocycles. The molecule has 4 nitrogen and oxygen atoms in total. The number of rotatable bonds is 18. The maximum Gasteiger partial charge on any atom is 0.161 e. The van der Waals surface area contributed by atoms with Crippen molar-refractivity contribution in [2.75, 3.05) is 27.3 Å². The molecule has 0 amide bonds. The van der Waals surface area contributed by atoms with Gasteiger partial charge in [-0.15, -0.1) is 0 Å². The van der Waals surface area contributed by atoms with Gasteiger partial charge in [-0.05, 0) is 43.3 Å². The molecule has 0 aliphatic heterocycles. The first kappa shape index (κ1) is 26.2.